The highest BCUT2D eigenvalue weighted by molar-refractivity contribution is 7.89. The fourth-order valence-electron chi connectivity index (χ4n) is 4.04. The molecule has 2 saturated heterocycles. The van der Waals surface area contributed by atoms with Crippen molar-refractivity contribution in [2.75, 3.05) is 31.6 Å². The molecule has 7 nitrogen and oxygen atoms in total. The topological polar surface area (TPSA) is 84.9 Å². The Morgan fingerprint density at radius 3 is 2.47 bits per heavy atom. The van der Waals surface area contributed by atoms with Gasteiger partial charge in [0, 0.05) is 30.9 Å². The van der Waals surface area contributed by atoms with Crippen molar-refractivity contribution < 1.29 is 22.7 Å². The Kier molecular flexibility index (Phi) is 7.44. The van der Waals surface area contributed by atoms with Gasteiger partial charge >= 0.3 is 0 Å². The molecule has 1 atom stereocenters. The molecule has 1 N–H and O–H groups in total. The number of benzene rings is 2. The molecular formula is C24H30N2O5S. The molecule has 2 aliphatic rings. The van der Waals surface area contributed by atoms with Crippen LogP contribution in [0.2, 0.25) is 0 Å². The minimum atomic E-state index is -3.57. The van der Waals surface area contributed by atoms with Crippen LogP contribution in [0, 0.1) is 0 Å². The first-order valence-corrected chi connectivity index (χ1v) is 12.7. The minimum absolute atomic E-state index is 0.135. The van der Waals surface area contributed by atoms with Gasteiger partial charge in [-0.25, -0.2) is 8.42 Å². The molecule has 2 aromatic carbocycles. The average molecular weight is 459 g/mol. The van der Waals surface area contributed by atoms with E-state index in [1.165, 1.54) is 6.07 Å². The molecule has 4 rings (SSSR count). The van der Waals surface area contributed by atoms with Crippen molar-refractivity contribution in [1.82, 2.24) is 4.31 Å². The van der Waals surface area contributed by atoms with E-state index in [2.05, 4.69) is 5.32 Å². The van der Waals surface area contributed by atoms with E-state index in [4.69, 9.17) is 9.47 Å². The first kappa shape index (κ1) is 22.8. The number of hydrogen-bond acceptors (Lipinski definition) is 5. The fraction of sp³-hybridized carbons (Fsp3) is 0.458. The zero-order chi connectivity index (χ0) is 22.4. The summed E-state index contributed by atoms with van der Waals surface area (Å²) in [7, 11) is -3.57. The Morgan fingerprint density at radius 2 is 1.78 bits per heavy atom. The predicted molar refractivity (Wildman–Crippen MR) is 123 cm³/mol. The number of anilines is 1. The van der Waals surface area contributed by atoms with Crippen molar-refractivity contribution in [3.63, 3.8) is 0 Å². The van der Waals surface area contributed by atoms with Crippen molar-refractivity contribution in [3.05, 3.63) is 54.1 Å². The third-order valence-corrected chi connectivity index (χ3v) is 7.77. The standard InChI is InChI=1S/C24H30N2O5S/c27-24(19-10-12-21(13-11-19)31-18-22-8-6-16-30-22)25-20-7-5-9-23(17-20)32(28,29)26-14-3-1-2-4-15-26/h5,7,9-13,17,22H,1-4,6,8,14-16,18H2,(H,25,27). The molecule has 2 aromatic rings. The number of hydrogen-bond donors (Lipinski definition) is 1. The van der Waals surface area contributed by atoms with Crippen molar-refractivity contribution in [2.24, 2.45) is 0 Å². The molecule has 172 valence electrons. The summed E-state index contributed by atoms with van der Waals surface area (Å²) >= 11 is 0. The summed E-state index contributed by atoms with van der Waals surface area (Å²) in [5, 5.41) is 2.80. The normalized spacial score (nSPS) is 19.9. The number of sulfonamides is 1. The highest BCUT2D eigenvalue weighted by Crippen LogP contribution is 2.23. The molecule has 8 heteroatoms. The quantitative estimate of drug-likeness (QED) is 0.676. The SMILES string of the molecule is O=C(Nc1cccc(S(=O)(=O)N2CCCCCC2)c1)c1ccc(OCC2CCCO2)cc1. The smallest absolute Gasteiger partial charge is 0.255 e. The third-order valence-electron chi connectivity index (χ3n) is 5.87. The molecule has 2 heterocycles. The van der Waals surface area contributed by atoms with Crippen LogP contribution in [-0.4, -0.2) is 51.0 Å². The summed E-state index contributed by atoms with van der Waals surface area (Å²) in [6.07, 6.45) is 6.07. The summed E-state index contributed by atoms with van der Waals surface area (Å²) in [6, 6.07) is 13.3. The number of amides is 1. The first-order chi connectivity index (χ1) is 15.5. The average Bonchev–Trinajstić information content (AvgIpc) is 3.17. The van der Waals surface area contributed by atoms with Gasteiger partial charge in [0.1, 0.15) is 12.4 Å². The molecule has 32 heavy (non-hydrogen) atoms. The van der Waals surface area contributed by atoms with Gasteiger partial charge in [-0.3, -0.25) is 4.79 Å². The van der Waals surface area contributed by atoms with Gasteiger partial charge in [0.15, 0.2) is 0 Å². The number of carbonyl (C=O) groups excluding carboxylic acids is 1. The third kappa shape index (κ3) is 5.68. The van der Waals surface area contributed by atoms with Crippen molar-refractivity contribution in [1.29, 1.82) is 0 Å². The Labute approximate surface area is 189 Å². The minimum Gasteiger partial charge on any atom is -0.491 e. The lowest BCUT2D eigenvalue weighted by atomic mass is 10.2. The molecule has 0 radical (unpaired) electrons. The molecule has 2 fully saturated rings. The van der Waals surface area contributed by atoms with E-state index in [1.807, 2.05) is 0 Å². The van der Waals surface area contributed by atoms with Crippen LogP contribution in [0.25, 0.3) is 0 Å². The van der Waals surface area contributed by atoms with Crippen LogP contribution in [-0.2, 0) is 14.8 Å². The van der Waals surface area contributed by atoms with Crippen LogP contribution in [0.4, 0.5) is 5.69 Å². The lowest BCUT2D eigenvalue weighted by molar-refractivity contribution is 0.0679. The van der Waals surface area contributed by atoms with Crippen LogP contribution in [0.5, 0.6) is 5.75 Å². The van der Waals surface area contributed by atoms with Crippen LogP contribution < -0.4 is 10.1 Å². The van der Waals surface area contributed by atoms with E-state index >= 15 is 0 Å². The molecule has 2 aliphatic heterocycles. The monoisotopic (exact) mass is 458 g/mol. The molecule has 0 bridgehead atoms. The maximum Gasteiger partial charge on any atom is 0.255 e. The summed E-state index contributed by atoms with van der Waals surface area (Å²) in [5.74, 6) is 0.377. The van der Waals surface area contributed by atoms with Crippen molar-refractivity contribution in [2.45, 2.75) is 49.5 Å². The predicted octanol–water partition coefficient (Wildman–Crippen LogP) is 4.06. The lowest BCUT2D eigenvalue weighted by Crippen LogP contribution is -2.32. The first-order valence-electron chi connectivity index (χ1n) is 11.3. The second-order valence-corrected chi connectivity index (χ2v) is 10.2. The van der Waals surface area contributed by atoms with Gasteiger partial charge in [0.25, 0.3) is 5.91 Å². The maximum absolute atomic E-state index is 13.0. The highest BCUT2D eigenvalue weighted by Gasteiger charge is 2.25. The Bertz CT molecular complexity index is 1010. The van der Waals surface area contributed by atoms with Crippen LogP contribution in [0.15, 0.2) is 53.4 Å². The molecule has 0 aromatic heterocycles. The van der Waals surface area contributed by atoms with E-state index < -0.39 is 10.0 Å². The van der Waals surface area contributed by atoms with Gasteiger partial charge in [0.05, 0.1) is 11.0 Å². The van der Waals surface area contributed by atoms with E-state index in [1.54, 1.807) is 46.8 Å². The Morgan fingerprint density at radius 1 is 1.03 bits per heavy atom. The second kappa shape index (κ2) is 10.5. The van der Waals surface area contributed by atoms with Crippen molar-refractivity contribution >= 4 is 21.6 Å². The lowest BCUT2D eigenvalue weighted by Gasteiger charge is -2.20. The number of nitrogens with zero attached hydrogens (tertiary/aromatic N) is 1. The van der Waals surface area contributed by atoms with Gasteiger partial charge in [-0.1, -0.05) is 18.9 Å². The Balaban J connectivity index is 1.39. The van der Waals surface area contributed by atoms with Crippen LogP contribution in [0.1, 0.15) is 48.9 Å². The molecular weight excluding hydrogens is 428 g/mol. The van der Waals surface area contributed by atoms with Gasteiger partial charge in [-0.05, 0) is 68.1 Å². The largest absolute Gasteiger partial charge is 0.491 e. The van der Waals surface area contributed by atoms with Crippen molar-refractivity contribution in [3.8, 4) is 5.75 Å². The Hall–Kier alpha value is -2.42. The molecule has 1 unspecified atom stereocenters. The van der Waals surface area contributed by atoms with Gasteiger partial charge in [-0.15, -0.1) is 0 Å². The summed E-state index contributed by atoms with van der Waals surface area (Å²) in [6.45, 7) is 2.37. The van der Waals surface area contributed by atoms with Gasteiger partial charge < -0.3 is 14.8 Å². The zero-order valence-corrected chi connectivity index (χ0v) is 19.0. The summed E-state index contributed by atoms with van der Waals surface area (Å²) in [5.41, 5.74) is 0.917. The number of nitrogens with one attached hydrogen (secondary N) is 1. The molecule has 0 saturated carbocycles. The number of rotatable bonds is 7. The molecule has 0 spiro atoms. The number of carbonyl (C=O) groups is 1. The van der Waals surface area contributed by atoms with Gasteiger partial charge in [0.2, 0.25) is 10.0 Å². The van der Waals surface area contributed by atoms with E-state index in [0.29, 0.717) is 36.7 Å². The van der Waals surface area contributed by atoms with E-state index in [9.17, 15) is 13.2 Å². The van der Waals surface area contributed by atoms with E-state index in [-0.39, 0.29) is 16.9 Å². The van der Waals surface area contributed by atoms with E-state index in [0.717, 1.165) is 45.1 Å². The van der Waals surface area contributed by atoms with Gasteiger partial charge in [-0.2, -0.15) is 4.31 Å². The second-order valence-electron chi connectivity index (χ2n) is 8.27. The highest BCUT2D eigenvalue weighted by atomic mass is 32.2. The fourth-order valence-corrected chi connectivity index (χ4v) is 5.60. The molecule has 1 amide bonds. The van der Waals surface area contributed by atoms with Crippen LogP contribution >= 0.6 is 0 Å². The molecule has 0 aliphatic carbocycles. The van der Waals surface area contributed by atoms with Crippen LogP contribution in [0.3, 0.4) is 0 Å². The number of ether oxygens (including phenoxy) is 2. The zero-order valence-electron chi connectivity index (χ0n) is 18.2. The maximum atomic E-state index is 13.0. The summed E-state index contributed by atoms with van der Waals surface area (Å²) < 4.78 is 38.9. The summed E-state index contributed by atoms with van der Waals surface area (Å²) in [4.78, 5) is 12.9.